The molecule has 1 amide bonds. The van der Waals surface area contributed by atoms with E-state index in [0.717, 1.165) is 0 Å². The highest BCUT2D eigenvalue weighted by molar-refractivity contribution is 7.14. The first-order valence-corrected chi connectivity index (χ1v) is 7.09. The van der Waals surface area contributed by atoms with Crippen molar-refractivity contribution in [2.45, 2.75) is 12.8 Å². The molecule has 2 aromatic rings. The molecule has 0 aliphatic carbocycles. The molecule has 1 aromatic carbocycles. The number of amides is 1. The number of allylic oxidation sites excluding steroid dienone is 1. The minimum atomic E-state index is -0.451. The van der Waals surface area contributed by atoms with E-state index >= 15 is 0 Å². The summed E-state index contributed by atoms with van der Waals surface area (Å²) >= 11 is 1.28. The fourth-order valence-corrected chi connectivity index (χ4v) is 2.39. The Labute approximate surface area is 125 Å². The number of benzene rings is 1. The largest absolute Gasteiger partial charge is 0.302 e. The molecule has 0 unspecified atom stereocenters. The fraction of sp³-hybridized carbons (Fsp3) is 0.143. The summed E-state index contributed by atoms with van der Waals surface area (Å²) < 4.78 is 0. The van der Waals surface area contributed by atoms with Gasteiger partial charge in [0, 0.05) is 29.5 Å². The van der Waals surface area contributed by atoms with Crippen molar-refractivity contribution in [3.8, 4) is 11.3 Å². The van der Waals surface area contributed by atoms with Crippen LogP contribution in [-0.4, -0.2) is 15.8 Å². The van der Waals surface area contributed by atoms with E-state index in [4.69, 9.17) is 0 Å². The van der Waals surface area contributed by atoms with Crippen LogP contribution in [-0.2, 0) is 4.79 Å². The number of aromatic nitrogens is 1. The van der Waals surface area contributed by atoms with E-state index in [1.807, 2.05) is 0 Å². The second-order valence-corrected chi connectivity index (χ2v) is 5.08. The maximum absolute atomic E-state index is 11.6. The number of non-ortho nitro benzene ring substituents is 1. The van der Waals surface area contributed by atoms with Crippen LogP contribution in [0.15, 0.2) is 42.3 Å². The minimum Gasteiger partial charge on any atom is -0.302 e. The van der Waals surface area contributed by atoms with E-state index in [1.165, 1.54) is 23.5 Å². The summed E-state index contributed by atoms with van der Waals surface area (Å²) in [6, 6.07) is 6.23. The molecular weight excluding hydrogens is 290 g/mol. The van der Waals surface area contributed by atoms with Gasteiger partial charge in [-0.15, -0.1) is 17.9 Å². The molecule has 2 rings (SSSR count). The highest BCUT2D eigenvalue weighted by atomic mass is 32.1. The first-order chi connectivity index (χ1) is 10.1. The number of thiazole rings is 1. The van der Waals surface area contributed by atoms with Gasteiger partial charge in [0.15, 0.2) is 5.13 Å². The summed E-state index contributed by atoms with van der Waals surface area (Å²) in [7, 11) is 0. The van der Waals surface area contributed by atoms with E-state index in [-0.39, 0.29) is 11.6 Å². The summed E-state index contributed by atoms with van der Waals surface area (Å²) in [6.07, 6.45) is 2.64. The van der Waals surface area contributed by atoms with Crippen LogP contribution in [0.1, 0.15) is 12.8 Å². The lowest BCUT2D eigenvalue weighted by atomic mass is 10.1. The quantitative estimate of drug-likeness (QED) is 0.501. The maximum Gasteiger partial charge on any atom is 0.270 e. The van der Waals surface area contributed by atoms with Crippen molar-refractivity contribution in [2.24, 2.45) is 0 Å². The average molecular weight is 303 g/mol. The number of carbonyl (C=O) groups is 1. The molecule has 7 heteroatoms. The number of carbonyl (C=O) groups excluding carboxylic acids is 1. The Morgan fingerprint density at radius 2 is 2.33 bits per heavy atom. The van der Waals surface area contributed by atoms with Crippen molar-refractivity contribution in [1.29, 1.82) is 0 Å². The van der Waals surface area contributed by atoms with Crippen LogP contribution in [0.5, 0.6) is 0 Å². The summed E-state index contributed by atoms with van der Waals surface area (Å²) in [6.45, 7) is 3.56. The van der Waals surface area contributed by atoms with Crippen molar-refractivity contribution >= 4 is 28.1 Å². The van der Waals surface area contributed by atoms with Crippen LogP contribution in [0.25, 0.3) is 11.3 Å². The smallest absolute Gasteiger partial charge is 0.270 e. The number of hydrogen-bond acceptors (Lipinski definition) is 5. The number of nitro benzene ring substituents is 1. The van der Waals surface area contributed by atoms with E-state index < -0.39 is 4.92 Å². The van der Waals surface area contributed by atoms with Gasteiger partial charge in [0.25, 0.3) is 5.69 Å². The predicted octanol–water partition coefficient (Wildman–Crippen LogP) is 3.62. The Kier molecular flexibility index (Phi) is 4.78. The third-order valence-electron chi connectivity index (χ3n) is 2.68. The van der Waals surface area contributed by atoms with Gasteiger partial charge < -0.3 is 5.32 Å². The van der Waals surface area contributed by atoms with Crippen molar-refractivity contribution in [2.75, 3.05) is 5.32 Å². The molecule has 0 radical (unpaired) electrons. The number of nitrogens with one attached hydrogen (secondary N) is 1. The molecule has 1 heterocycles. The lowest BCUT2D eigenvalue weighted by Crippen LogP contribution is -2.10. The monoisotopic (exact) mass is 303 g/mol. The summed E-state index contributed by atoms with van der Waals surface area (Å²) in [4.78, 5) is 26.2. The normalized spacial score (nSPS) is 10.1. The third-order valence-corrected chi connectivity index (χ3v) is 3.44. The van der Waals surface area contributed by atoms with Crippen molar-refractivity contribution < 1.29 is 9.72 Å². The van der Waals surface area contributed by atoms with Gasteiger partial charge in [-0.05, 0) is 6.42 Å². The number of nitro groups is 1. The molecule has 0 saturated carbocycles. The van der Waals surface area contributed by atoms with Crippen LogP contribution in [0.4, 0.5) is 10.8 Å². The molecule has 6 nitrogen and oxygen atoms in total. The average Bonchev–Trinajstić information content (AvgIpc) is 2.93. The SMILES string of the molecule is C=CCCC(=O)Nc1nc(-c2cccc([N+](=O)[O-])c2)cs1. The van der Waals surface area contributed by atoms with Gasteiger partial charge in [0.2, 0.25) is 5.91 Å². The molecule has 1 N–H and O–H groups in total. The second-order valence-electron chi connectivity index (χ2n) is 4.22. The van der Waals surface area contributed by atoms with Crippen molar-refractivity contribution in [3.05, 3.63) is 52.4 Å². The van der Waals surface area contributed by atoms with Gasteiger partial charge in [-0.3, -0.25) is 14.9 Å². The van der Waals surface area contributed by atoms with Crippen LogP contribution < -0.4 is 5.32 Å². The standard InChI is InChI=1S/C14H13N3O3S/c1-2-3-7-13(18)16-14-15-12(9-21-14)10-5-4-6-11(8-10)17(19)20/h2,4-6,8-9H,1,3,7H2,(H,15,16,18). The molecule has 0 spiro atoms. The first kappa shape index (κ1) is 14.9. The Morgan fingerprint density at radius 1 is 1.52 bits per heavy atom. The molecule has 108 valence electrons. The summed E-state index contributed by atoms with van der Waals surface area (Å²) in [5.74, 6) is -0.130. The van der Waals surface area contributed by atoms with Gasteiger partial charge in [-0.1, -0.05) is 18.2 Å². The Hall–Kier alpha value is -2.54. The second kappa shape index (κ2) is 6.76. The van der Waals surface area contributed by atoms with E-state index in [1.54, 1.807) is 23.6 Å². The Balaban J connectivity index is 2.12. The zero-order chi connectivity index (χ0) is 15.2. The summed E-state index contributed by atoms with van der Waals surface area (Å²) in [5.41, 5.74) is 1.26. The van der Waals surface area contributed by atoms with Gasteiger partial charge in [0.05, 0.1) is 10.6 Å². The zero-order valence-electron chi connectivity index (χ0n) is 11.1. The predicted molar refractivity (Wildman–Crippen MR) is 82.3 cm³/mol. The molecular formula is C14H13N3O3S. The number of hydrogen-bond donors (Lipinski definition) is 1. The lowest BCUT2D eigenvalue weighted by Gasteiger charge is -1.99. The van der Waals surface area contributed by atoms with Crippen molar-refractivity contribution in [1.82, 2.24) is 4.98 Å². The molecule has 0 aliphatic rings. The first-order valence-electron chi connectivity index (χ1n) is 6.21. The van der Waals surface area contributed by atoms with Crippen LogP contribution in [0.2, 0.25) is 0 Å². The van der Waals surface area contributed by atoms with Crippen LogP contribution in [0.3, 0.4) is 0 Å². The highest BCUT2D eigenvalue weighted by Gasteiger charge is 2.11. The van der Waals surface area contributed by atoms with Gasteiger partial charge in [-0.25, -0.2) is 4.98 Å². The van der Waals surface area contributed by atoms with Crippen molar-refractivity contribution in [3.63, 3.8) is 0 Å². The summed E-state index contributed by atoms with van der Waals surface area (Å²) in [5, 5.41) is 15.7. The molecule has 0 saturated heterocycles. The van der Waals surface area contributed by atoms with Crippen LogP contribution >= 0.6 is 11.3 Å². The number of rotatable bonds is 6. The highest BCUT2D eigenvalue weighted by Crippen LogP contribution is 2.27. The molecule has 0 bridgehead atoms. The minimum absolute atomic E-state index is 0.0112. The van der Waals surface area contributed by atoms with E-state index in [9.17, 15) is 14.9 Å². The van der Waals surface area contributed by atoms with Gasteiger partial charge in [-0.2, -0.15) is 0 Å². The van der Waals surface area contributed by atoms with Gasteiger partial charge in [0.1, 0.15) is 0 Å². The Morgan fingerprint density at radius 3 is 3.05 bits per heavy atom. The molecule has 21 heavy (non-hydrogen) atoms. The van der Waals surface area contributed by atoms with E-state index in [0.29, 0.717) is 29.2 Å². The lowest BCUT2D eigenvalue weighted by molar-refractivity contribution is -0.384. The fourth-order valence-electron chi connectivity index (χ4n) is 1.66. The van der Waals surface area contributed by atoms with Crippen LogP contribution in [0, 0.1) is 10.1 Å². The molecule has 0 fully saturated rings. The topological polar surface area (TPSA) is 85.1 Å². The zero-order valence-corrected chi connectivity index (χ0v) is 11.9. The van der Waals surface area contributed by atoms with E-state index in [2.05, 4.69) is 16.9 Å². The Bertz CT molecular complexity index is 682. The maximum atomic E-state index is 11.6. The molecule has 1 aromatic heterocycles. The third kappa shape index (κ3) is 3.96. The number of nitrogens with zero attached hydrogens (tertiary/aromatic N) is 2. The molecule has 0 atom stereocenters. The molecule has 0 aliphatic heterocycles. The number of anilines is 1. The van der Waals surface area contributed by atoms with Gasteiger partial charge >= 0.3 is 0 Å².